The minimum Gasteiger partial charge on any atom is -0.478 e. The maximum absolute atomic E-state index is 11.6. The van der Waals surface area contributed by atoms with Crippen LogP contribution in [0.15, 0.2) is 71.7 Å². The molecule has 2 atom stereocenters. The zero-order chi connectivity index (χ0) is 26.7. The van der Waals surface area contributed by atoms with Crippen molar-refractivity contribution in [3.05, 3.63) is 88.6 Å². The minimum atomic E-state index is -0.980. The number of fused-ring (bicyclic) bond motifs is 2. The number of allylic oxidation sites excluding steroid dienone is 3. The second kappa shape index (κ2) is 9.02. The predicted molar refractivity (Wildman–Crippen MR) is 147 cm³/mol. The first-order chi connectivity index (χ1) is 19.0. The highest BCUT2D eigenvalue weighted by Gasteiger charge is 2.37. The Labute approximate surface area is 227 Å². The van der Waals surface area contributed by atoms with Crippen molar-refractivity contribution in [3.63, 3.8) is 0 Å². The summed E-state index contributed by atoms with van der Waals surface area (Å²) in [7, 11) is 0. The summed E-state index contributed by atoms with van der Waals surface area (Å²) in [5.74, 6) is -0.240. The van der Waals surface area contributed by atoms with E-state index in [1.54, 1.807) is 17.5 Å². The molecule has 196 valence electrons. The first kappa shape index (κ1) is 23.5. The van der Waals surface area contributed by atoms with Crippen LogP contribution < -0.4 is 16.1 Å². The molecule has 0 radical (unpaired) electrons. The van der Waals surface area contributed by atoms with E-state index in [1.807, 2.05) is 47.4 Å². The standard InChI is InChI=1S/C27H23ClN8O3/c28-16-2-5-23(35-13-31-33-34-35)18(10-16)15-7-17-3-6-24(36(17)25(37)9-15)26-30-12-22(32-26)14-1-4-21-19(8-14)20(11-29-21)27(38)39/h1-2,4-5,7-13,24-25,29,33-34,37H,3,6H2,(H,30,32)(H,38,39). The molecule has 11 nitrogen and oxygen atoms in total. The summed E-state index contributed by atoms with van der Waals surface area (Å²) in [6.07, 6.45) is 9.47. The van der Waals surface area contributed by atoms with E-state index in [0.717, 1.165) is 58.0 Å². The number of aromatic amines is 2. The highest BCUT2D eigenvalue weighted by Crippen LogP contribution is 2.44. The lowest BCUT2D eigenvalue weighted by atomic mass is 9.98. The van der Waals surface area contributed by atoms with E-state index in [2.05, 4.69) is 37.2 Å². The highest BCUT2D eigenvalue weighted by atomic mass is 35.5. The molecule has 2 unspecified atom stereocenters. The molecule has 2 aromatic heterocycles. The van der Waals surface area contributed by atoms with Gasteiger partial charge in [-0.2, -0.15) is 5.10 Å². The number of hydrazone groups is 1. The third-order valence-electron chi connectivity index (χ3n) is 7.35. The number of imidazole rings is 1. The molecule has 6 N–H and O–H groups in total. The van der Waals surface area contributed by atoms with Gasteiger partial charge in [0.25, 0.3) is 0 Å². The summed E-state index contributed by atoms with van der Waals surface area (Å²) in [5.41, 5.74) is 11.8. The van der Waals surface area contributed by atoms with Gasteiger partial charge in [-0.3, -0.25) is 0 Å². The molecule has 39 heavy (non-hydrogen) atoms. The molecule has 5 heterocycles. The Morgan fingerprint density at radius 1 is 1.18 bits per heavy atom. The number of hydrogen-bond donors (Lipinski definition) is 6. The van der Waals surface area contributed by atoms with Gasteiger partial charge in [0, 0.05) is 38.9 Å². The first-order valence-corrected chi connectivity index (χ1v) is 12.8. The molecule has 4 aromatic rings. The maximum atomic E-state index is 11.6. The monoisotopic (exact) mass is 542 g/mol. The number of hydrazine groups is 2. The number of H-pyrrole nitrogens is 2. The van der Waals surface area contributed by atoms with Gasteiger partial charge >= 0.3 is 5.97 Å². The summed E-state index contributed by atoms with van der Waals surface area (Å²) in [6, 6.07) is 11.1. The maximum Gasteiger partial charge on any atom is 0.337 e. The number of rotatable bonds is 5. The smallest absolute Gasteiger partial charge is 0.337 e. The Hall–Kier alpha value is -4.58. The van der Waals surface area contributed by atoms with Crippen LogP contribution in [0, 0.1) is 0 Å². The van der Waals surface area contributed by atoms with Crippen LogP contribution in [0.1, 0.15) is 40.6 Å². The fourth-order valence-electron chi connectivity index (χ4n) is 5.55. The summed E-state index contributed by atoms with van der Waals surface area (Å²) in [4.78, 5) is 24.6. The topological polar surface area (TPSA) is 145 Å². The second-order valence-corrected chi connectivity index (χ2v) is 10.0. The van der Waals surface area contributed by atoms with Crippen LogP contribution in [0.3, 0.4) is 0 Å². The molecule has 0 aliphatic carbocycles. The van der Waals surface area contributed by atoms with E-state index in [0.29, 0.717) is 10.4 Å². The number of aromatic carboxylic acids is 1. The van der Waals surface area contributed by atoms with Crippen LogP contribution in [0.5, 0.6) is 0 Å². The highest BCUT2D eigenvalue weighted by molar-refractivity contribution is 6.31. The summed E-state index contributed by atoms with van der Waals surface area (Å²) in [6.45, 7) is 0. The molecule has 0 saturated carbocycles. The van der Waals surface area contributed by atoms with Crippen molar-refractivity contribution < 1.29 is 15.0 Å². The lowest BCUT2D eigenvalue weighted by molar-refractivity contribution is 0.0487. The molecule has 7 rings (SSSR count). The Balaban J connectivity index is 1.18. The Bertz CT molecular complexity index is 1720. The zero-order valence-corrected chi connectivity index (χ0v) is 21.1. The van der Waals surface area contributed by atoms with Gasteiger partial charge in [-0.1, -0.05) is 17.7 Å². The normalized spacial score (nSPS) is 20.3. The number of hydrogen-bond acceptors (Lipinski definition) is 8. The van der Waals surface area contributed by atoms with Crippen molar-refractivity contribution in [2.75, 3.05) is 5.01 Å². The molecule has 1 fully saturated rings. The van der Waals surface area contributed by atoms with Crippen molar-refractivity contribution in [2.45, 2.75) is 25.1 Å². The molecule has 3 aliphatic rings. The molecule has 12 heteroatoms. The quantitative estimate of drug-likeness (QED) is 0.221. The van der Waals surface area contributed by atoms with E-state index in [1.165, 1.54) is 6.20 Å². The molecule has 0 spiro atoms. The lowest BCUT2D eigenvalue weighted by Gasteiger charge is -2.34. The summed E-state index contributed by atoms with van der Waals surface area (Å²) >= 11 is 6.34. The molecule has 2 aromatic carbocycles. The third-order valence-corrected chi connectivity index (χ3v) is 7.58. The molecule has 0 amide bonds. The van der Waals surface area contributed by atoms with Crippen molar-refractivity contribution in [2.24, 2.45) is 5.10 Å². The summed E-state index contributed by atoms with van der Waals surface area (Å²) < 4.78 is 0. The molecule has 1 saturated heterocycles. The third kappa shape index (κ3) is 3.95. The second-order valence-electron chi connectivity index (χ2n) is 9.58. The molecular formula is C27H23ClN8O3. The number of nitrogens with one attached hydrogen (secondary N) is 4. The van der Waals surface area contributed by atoms with Gasteiger partial charge in [0.2, 0.25) is 0 Å². The van der Waals surface area contributed by atoms with Crippen LogP contribution in [0.25, 0.3) is 27.7 Å². The number of carboxylic acids is 1. The van der Waals surface area contributed by atoms with Gasteiger partial charge in [-0.15, -0.1) is 5.53 Å². The van der Waals surface area contributed by atoms with Gasteiger partial charge in [0.15, 0.2) is 0 Å². The average molecular weight is 543 g/mol. The fraction of sp³-hybridized carbons (Fsp3) is 0.148. The van der Waals surface area contributed by atoms with Gasteiger partial charge in [0.1, 0.15) is 18.4 Å². The predicted octanol–water partition coefficient (Wildman–Crippen LogP) is 4.12. The van der Waals surface area contributed by atoms with Crippen molar-refractivity contribution in [3.8, 4) is 11.3 Å². The number of anilines is 1. The number of aliphatic hydroxyl groups excluding tert-OH is 1. The van der Waals surface area contributed by atoms with E-state index >= 15 is 0 Å². The van der Waals surface area contributed by atoms with Crippen LogP contribution in [0.4, 0.5) is 5.69 Å². The van der Waals surface area contributed by atoms with E-state index in [-0.39, 0.29) is 11.6 Å². The number of carbonyl (C=O) groups is 1. The van der Waals surface area contributed by atoms with Crippen LogP contribution >= 0.6 is 11.6 Å². The number of carboxylic acid groups (broad SMARTS) is 1. The van der Waals surface area contributed by atoms with E-state index in [4.69, 9.17) is 11.6 Å². The molecule has 0 bridgehead atoms. The van der Waals surface area contributed by atoms with E-state index in [9.17, 15) is 15.0 Å². The number of halogens is 1. The SMILES string of the molecule is O=C(O)c1c[nH]c2ccc(-c3cnc(C4CCC5=CC(c6cc(Cl)ccc6N6C=NNN6)=CC(O)N54)[nH]3)cc12. The molecular weight excluding hydrogens is 520 g/mol. The average Bonchev–Trinajstić information content (AvgIpc) is 3.73. The number of benzene rings is 2. The van der Waals surface area contributed by atoms with Gasteiger partial charge in [-0.05, 0) is 60.9 Å². The Morgan fingerprint density at radius 2 is 2.08 bits per heavy atom. The van der Waals surface area contributed by atoms with Crippen LogP contribution in [-0.2, 0) is 0 Å². The van der Waals surface area contributed by atoms with Gasteiger partial charge < -0.3 is 25.1 Å². The summed E-state index contributed by atoms with van der Waals surface area (Å²) in [5, 5.41) is 27.7. The Kier molecular flexibility index (Phi) is 5.44. The number of aromatic nitrogens is 3. The lowest BCUT2D eigenvalue weighted by Crippen LogP contribution is -2.38. The zero-order valence-electron chi connectivity index (χ0n) is 20.4. The van der Waals surface area contributed by atoms with E-state index < -0.39 is 12.2 Å². The van der Waals surface area contributed by atoms with Crippen LogP contribution in [0.2, 0.25) is 5.02 Å². The van der Waals surface area contributed by atoms with Crippen LogP contribution in [-0.4, -0.2) is 48.6 Å². The van der Waals surface area contributed by atoms with Crippen molar-refractivity contribution in [1.82, 2.24) is 30.9 Å². The van der Waals surface area contributed by atoms with Crippen molar-refractivity contribution >= 4 is 46.1 Å². The minimum absolute atomic E-state index is 0.140. The van der Waals surface area contributed by atoms with Gasteiger partial charge in [-0.25, -0.2) is 20.3 Å². The van der Waals surface area contributed by atoms with Gasteiger partial charge in [0.05, 0.1) is 29.2 Å². The Morgan fingerprint density at radius 3 is 2.90 bits per heavy atom. The molecule has 3 aliphatic heterocycles. The van der Waals surface area contributed by atoms with Crippen molar-refractivity contribution in [1.29, 1.82) is 0 Å². The number of nitrogens with zero attached hydrogens (tertiary/aromatic N) is 4. The fourth-order valence-corrected chi connectivity index (χ4v) is 5.72. The number of aliphatic hydroxyl groups is 1. The largest absolute Gasteiger partial charge is 0.478 e. The first-order valence-electron chi connectivity index (χ1n) is 12.4.